The van der Waals surface area contributed by atoms with Crippen molar-refractivity contribution in [3.8, 4) is 0 Å². The van der Waals surface area contributed by atoms with Crippen molar-refractivity contribution in [1.29, 1.82) is 0 Å². The Morgan fingerprint density at radius 2 is 1.42 bits per heavy atom. The van der Waals surface area contributed by atoms with Crippen molar-refractivity contribution < 1.29 is 18.7 Å². The van der Waals surface area contributed by atoms with Crippen LogP contribution in [-0.2, 0) is 16.0 Å². The zero-order chi connectivity index (χ0) is 17.8. The van der Waals surface area contributed by atoms with Gasteiger partial charge in [0.05, 0.1) is 0 Å². The van der Waals surface area contributed by atoms with Gasteiger partial charge in [0.15, 0.2) is 0 Å². The zero-order valence-electron chi connectivity index (χ0n) is 14.1. The van der Waals surface area contributed by atoms with Crippen molar-refractivity contribution in [3.63, 3.8) is 0 Å². The van der Waals surface area contributed by atoms with Gasteiger partial charge in [0.2, 0.25) is 5.78 Å². The molecule has 2 aromatic carbocycles. The third kappa shape index (κ3) is 4.28. The molecule has 0 aromatic heterocycles. The van der Waals surface area contributed by atoms with E-state index in [-0.39, 0.29) is 12.0 Å². The van der Waals surface area contributed by atoms with Crippen LogP contribution in [0.15, 0.2) is 60.7 Å². The third-order valence-electron chi connectivity index (χ3n) is 3.41. The molecule has 2 aromatic rings. The second kappa shape index (κ2) is 6.95. The average molecular weight is 328 g/mol. The highest BCUT2D eigenvalue weighted by Crippen LogP contribution is 2.27. The summed E-state index contributed by atoms with van der Waals surface area (Å²) in [7, 11) is 0. The largest absolute Gasteiger partial charge is 0.457 e. The summed E-state index contributed by atoms with van der Waals surface area (Å²) in [6.07, 6.45) is -0.365. The molecule has 2 rings (SSSR count). The van der Waals surface area contributed by atoms with Crippen molar-refractivity contribution in [3.05, 3.63) is 71.8 Å². The molecular formula is C20H21FO3. The number of halogens is 1. The molecule has 126 valence electrons. The Balaban J connectivity index is 2.40. The number of benzene rings is 2. The van der Waals surface area contributed by atoms with Gasteiger partial charge in [0.1, 0.15) is 5.60 Å². The van der Waals surface area contributed by atoms with Crippen LogP contribution in [0.2, 0.25) is 0 Å². The maximum Gasteiger partial charge on any atom is 0.353 e. The SMILES string of the molecule is CC(C)(C)OC(=O)C(F)(Cc1ccccc1)C(=O)c1ccccc1. The normalized spacial score (nSPS) is 13.8. The molecule has 0 heterocycles. The summed E-state index contributed by atoms with van der Waals surface area (Å²) in [5.41, 5.74) is -2.96. The third-order valence-corrected chi connectivity index (χ3v) is 3.41. The van der Waals surface area contributed by atoms with Gasteiger partial charge in [0.25, 0.3) is 5.67 Å². The van der Waals surface area contributed by atoms with E-state index >= 15 is 4.39 Å². The van der Waals surface area contributed by atoms with Gasteiger partial charge in [-0.1, -0.05) is 60.7 Å². The molecule has 3 nitrogen and oxygen atoms in total. The minimum atomic E-state index is -2.77. The van der Waals surface area contributed by atoms with Crippen molar-refractivity contribution in [1.82, 2.24) is 0 Å². The van der Waals surface area contributed by atoms with Crippen LogP contribution in [0.4, 0.5) is 4.39 Å². The van der Waals surface area contributed by atoms with E-state index in [9.17, 15) is 9.59 Å². The Morgan fingerprint density at radius 3 is 1.92 bits per heavy atom. The summed E-state index contributed by atoms with van der Waals surface area (Å²) in [5, 5.41) is 0. The van der Waals surface area contributed by atoms with Crippen molar-refractivity contribution in [2.24, 2.45) is 0 Å². The molecule has 0 aliphatic carbocycles. The number of esters is 1. The van der Waals surface area contributed by atoms with Gasteiger partial charge in [0, 0.05) is 12.0 Å². The number of carbonyl (C=O) groups excluding carboxylic acids is 2. The predicted molar refractivity (Wildman–Crippen MR) is 90.6 cm³/mol. The van der Waals surface area contributed by atoms with Crippen molar-refractivity contribution in [2.75, 3.05) is 0 Å². The van der Waals surface area contributed by atoms with Gasteiger partial charge in [-0.05, 0) is 26.3 Å². The fourth-order valence-corrected chi connectivity index (χ4v) is 2.30. The molecule has 24 heavy (non-hydrogen) atoms. The Kier molecular flexibility index (Phi) is 5.17. The molecule has 0 saturated heterocycles. The van der Waals surface area contributed by atoms with Crippen LogP contribution < -0.4 is 0 Å². The number of ether oxygens (including phenoxy) is 1. The first-order valence-electron chi connectivity index (χ1n) is 7.78. The molecule has 4 heteroatoms. The fourth-order valence-electron chi connectivity index (χ4n) is 2.30. The molecule has 1 unspecified atom stereocenters. The Bertz CT molecular complexity index is 705. The lowest BCUT2D eigenvalue weighted by Crippen LogP contribution is -2.48. The number of rotatable bonds is 5. The number of carbonyl (C=O) groups is 2. The summed E-state index contributed by atoms with van der Waals surface area (Å²) >= 11 is 0. The van der Waals surface area contributed by atoms with Crippen LogP contribution in [0.1, 0.15) is 36.7 Å². The van der Waals surface area contributed by atoms with Gasteiger partial charge in [-0.25, -0.2) is 9.18 Å². The first-order valence-corrected chi connectivity index (χ1v) is 7.78. The van der Waals surface area contributed by atoms with E-state index in [1.54, 1.807) is 69.3 Å². The first-order chi connectivity index (χ1) is 11.2. The summed E-state index contributed by atoms with van der Waals surface area (Å²) in [4.78, 5) is 25.2. The van der Waals surface area contributed by atoms with Gasteiger partial charge >= 0.3 is 5.97 Å². The smallest absolute Gasteiger partial charge is 0.353 e. The summed E-state index contributed by atoms with van der Waals surface area (Å²) in [6, 6.07) is 16.6. The van der Waals surface area contributed by atoms with Crippen LogP contribution in [-0.4, -0.2) is 23.0 Å². The van der Waals surface area contributed by atoms with Crippen LogP contribution in [0.25, 0.3) is 0 Å². The van der Waals surface area contributed by atoms with Crippen LogP contribution in [0.3, 0.4) is 0 Å². The first kappa shape index (κ1) is 17.9. The summed E-state index contributed by atoms with van der Waals surface area (Å²) in [5.74, 6) is -2.05. The van der Waals surface area contributed by atoms with Crippen LogP contribution in [0, 0.1) is 0 Å². The highest BCUT2D eigenvalue weighted by molar-refractivity contribution is 6.15. The van der Waals surface area contributed by atoms with E-state index in [1.165, 1.54) is 12.1 Å². The van der Waals surface area contributed by atoms with Gasteiger partial charge < -0.3 is 4.74 Å². The standard InChI is InChI=1S/C20H21FO3/c1-19(2,3)24-18(23)20(21,14-15-10-6-4-7-11-15)17(22)16-12-8-5-9-13-16/h4-13H,14H2,1-3H3. The number of hydrogen-bond donors (Lipinski definition) is 0. The maximum atomic E-state index is 15.7. The molecule has 0 aliphatic rings. The number of ketones is 1. The van der Waals surface area contributed by atoms with Gasteiger partial charge in [-0.15, -0.1) is 0 Å². The molecule has 0 N–H and O–H groups in total. The molecule has 1 atom stereocenters. The van der Waals surface area contributed by atoms with Crippen molar-refractivity contribution >= 4 is 11.8 Å². The quantitative estimate of drug-likeness (QED) is 0.470. The number of hydrogen-bond acceptors (Lipinski definition) is 3. The van der Waals surface area contributed by atoms with Gasteiger partial charge in [-0.2, -0.15) is 0 Å². The predicted octanol–water partition coefficient (Wildman–Crippen LogP) is 4.16. The molecule has 0 bridgehead atoms. The number of Topliss-reactive ketones (excluding diaryl/α,β-unsaturated/α-hetero) is 1. The molecule has 0 amide bonds. The van der Waals surface area contributed by atoms with E-state index in [0.717, 1.165) is 0 Å². The lowest BCUT2D eigenvalue weighted by Gasteiger charge is -2.27. The molecule has 0 saturated carbocycles. The Hall–Kier alpha value is -2.49. The fraction of sp³-hybridized carbons (Fsp3) is 0.300. The Morgan fingerprint density at radius 1 is 0.917 bits per heavy atom. The second-order valence-electron chi connectivity index (χ2n) is 6.66. The van der Waals surface area contributed by atoms with Gasteiger partial charge in [-0.3, -0.25) is 4.79 Å². The molecule has 0 aliphatic heterocycles. The Labute approximate surface area is 141 Å². The lowest BCUT2D eigenvalue weighted by molar-refractivity contribution is -0.165. The van der Waals surface area contributed by atoms with E-state index < -0.39 is 23.0 Å². The van der Waals surface area contributed by atoms with E-state index in [2.05, 4.69) is 0 Å². The molecular weight excluding hydrogens is 307 g/mol. The molecule has 0 spiro atoms. The monoisotopic (exact) mass is 328 g/mol. The summed E-state index contributed by atoms with van der Waals surface area (Å²) in [6.45, 7) is 4.92. The van der Waals surface area contributed by atoms with E-state index in [4.69, 9.17) is 4.74 Å². The maximum absolute atomic E-state index is 15.7. The molecule has 0 radical (unpaired) electrons. The zero-order valence-corrected chi connectivity index (χ0v) is 14.1. The topological polar surface area (TPSA) is 43.4 Å². The average Bonchev–Trinajstić information content (AvgIpc) is 2.54. The van der Waals surface area contributed by atoms with E-state index in [1.807, 2.05) is 0 Å². The number of alkyl halides is 1. The van der Waals surface area contributed by atoms with Crippen molar-refractivity contribution in [2.45, 2.75) is 38.5 Å². The van der Waals surface area contributed by atoms with Crippen LogP contribution >= 0.6 is 0 Å². The highest BCUT2D eigenvalue weighted by atomic mass is 19.1. The second-order valence-corrected chi connectivity index (χ2v) is 6.66. The lowest BCUT2D eigenvalue weighted by atomic mass is 9.88. The minimum Gasteiger partial charge on any atom is -0.457 e. The van der Waals surface area contributed by atoms with Crippen LogP contribution in [0.5, 0.6) is 0 Å². The highest BCUT2D eigenvalue weighted by Gasteiger charge is 2.49. The molecule has 0 fully saturated rings. The van der Waals surface area contributed by atoms with E-state index in [0.29, 0.717) is 5.56 Å². The summed E-state index contributed by atoms with van der Waals surface area (Å²) < 4.78 is 20.8. The minimum absolute atomic E-state index is 0.141.